The van der Waals surface area contributed by atoms with E-state index in [9.17, 15) is 4.55 Å². The van der Waals surface area contributed by atoms with Crippen molar-refractivity contribution in [1.29, 1.82) is 0 Å². The molecule has 0 bridgehead atoms. The second-order valence-corrected chi connectivity index (χ2v) is 10.0. The highest BCUT2D eigenvalue weighted by atomic mass is 32.2. The summed E-state index contributed by atoms with van der Waals surface area (Å²) in [5.41, 5.74) is 1.33. The van der Waals surface area contributed by atoms with Crippen molar-refractivity contribution in [3.8, 4) is 11.8 Å². The molecular formula is C21H30N2OS. The summed E-state index contributed by atoms with van der Waals surface area (Å²) >= 11 is -1.32. The third-order valence-electron chi connectivity index (χ3n) is 5.49. The van der Waals surface area contributed by atoms with Crippen molar-refractivity contribution < 1.29 is 4.55 Å². The molecule has 1 aromatic rings. The molecule has 1 aliphatic carbocycles. The smallest absolute Gasteiger partial charge is 0.140 e. The number of hydrogen-bond donors (Lipinski definition) is 1. The van der Waals surface area contributed by atoms with Crippen LogP contribution in [0.3, 0.4) is 0 Å². The molecule has 2 aliphatic rings. The lowest BCUT2D eigenvalue weighted by atomic mass is 9.72. The maximum Gasteiger partial charge on any atom is 0.140 e. The van der Waals surface area contributed by atoms with Crippen LogP contribution in [0.2, 0.25) is 0 Å². The molecule has 2 fully saturated rings. The summed E-state index contributed by atoms with van der Waals surface area (Å²) in [4.78, 5) is 2.51. The average Bonchev–Trinajstić information content (AvgIpc) is 3.40. The third kappa shape index (κ3) is 5.24. The monoisotopic (exact) mass is 358 g/mol. The Bertz CT molecular complexity index is 620. The fourth-order valence-corrected chi connectivity index (χ4v) is 4.11. The average molecular weight is 359 g/mol. The number of nitrogens with zero attached hydrogens (tertiary/aromatic N) is 1. The number of nitrogens with two attached hydrogens (primary N) is 1. The Morgan fingerprint density at radius 2 is 1.88 bits per heavy atom. The van der Waals surface area contributed by atoms with Crippen LogP contribution < -0.4 is 5.14 Å². The summed E-state index contributed by atoms with van der Waals surface area (Å²) in [5, 5.41) is 5.76. The number of hydrogen-bond acceptors (Lipinski definition) is 3. The van der Waals surface area contributed by atoms with Crippen molar-refractivity contribution in [3.63, 3.8) is 0 Å². The van der Waals surface area contributed by atoms with E-state index in [2.05, 4.69) is 47.1 Å². The van der Waals surface area contributed by atoms with Crippen molar-refractivity contribution in [1.82, 2.24) is 4.90 Å². The van der Waals surface area contributed by atoms with E-state index in [0.717, 1.165) is 38.9 Å². The molecule has 1 saturated carbocycles. The van der Waals surface area contributed by atoms with Crippen molar-refractivity contribution in [2.24, 2.45) is 16.5 Å². The van der Waals surface area contributed by atoms with Gasteiger partial charge in [0.2, 0.25) is 0 Å². The van der Waals surface area contributed by atoms with Gasteiger partial charge in [0.25, 0.3) is 0 Å². The Labute approximate surface area is 155 Å². The fraction of sp³-hybridized carbons (Fsp3) is 0.619. The zero-order chi connectivity index (χ0) is 17.9. The lowest BCUT2D eigenvalue weighted by Crippen LogP contribution is -2.46. The first kappa shape index (κ1) is 18.8. The zero-order valence-electron chi connectivity index (χ0n) is 15.5. The van der Waals surface area contributed by atoms with Gasteiger partial charge in [0, 0.05) is 35.7 Å². The molecule has 2 N–H and O–H groups in total. The lowest BCUT2D eigenvalue weighted by molar-refractivity contribution is 0.126. The van der Waals surface area contributed by atoms with Gasteiger partial charge in [-0.05, 0) is 58.2 Å². The van der Waals surface area contributed by atoms with Gasteiger partial charge in [0.05, 0.1) is 0 Å². The zero-order valence-corrected chi connectivity index (χ0v) is 16.3. The minimum atomic E-state index is -1.32. The Morgan fingerprint density at radius 3 is 2.44 bits per heavy atom. The maximum absolute atomic E-state index is 12.0. The Hall–Kier alpha value is -0.990. The topological polar surface area (TPSA) is 52.3 Å². The summed E-state index contributed by atoms with van der Waals surface area (Å²) in [6.07, 6.45) is 5.40. The summed E-state index contributed by atoms with van der Waals surface area (Å²) in [7, 11) is 0. The van der Waals surface area contributed by atoms with Crippen molar-refractivity contribution in [2.75, 3.05) is 13.1 Å². The highest BCUT2D eigenvalue weighted by Crippen LogP contribution is 2.41. The van der Waals surface area contributed by atoms with E-state index in [1.54, 1.807) is 0 Å². The number of piperidine rings is 1. The van der Waals surface area contributed by atoms with Crippen molar-refractivity contribution in [3.05, 3.63) is 35.9 Å². The van der Waals surface area contributed by atoms with Gasteiger partial charge < -0.3 is 4.55 Å². The molecule has 0 spiro atoms. The highest BCUT2D eigenvalue weighted by molar-refractivity contribution is 7.90. The second-order valence-electron chi connectivity index (χ2n) is 8.32. The van der Waals surface area contributed by atoms with Gasteiger partial charge in [-0.3, -0.25) is 4.90 Å². The summed E-state index contributed by atoms with van der Waals surface area (Å²) in [6, 6.07) is 10.6. The molecule has 136 valence electrons. The summed E-state index contributed by atoms with van der Waals surface area (Å²) in [5.74, 6) is 7.71. The van der Waals surface area contributed by atoms with E-state index >= 15 is 0 Å². The highest BCUT2D eigenvalue weighted by Gasteiger charge is 2.43. The molecule has 1 heterocycles. The molecule has 0 amide bonds. The van der Waals surface area contributed by atoms with Crippen LogP contribution in [0.1, 0.15) is 51.5 Å². The van der Waals surface area contributed by atoms with E-state index < -0.39 is 11.4 Å². The predicted octanol–water partition coefficient (Wildman–Crippen LogP) is 3.47. The van der Waals surface area contributed by atoms with Crippen molar-refractivity contribution in [2.45, 2.75) is 57.2 Å². The lowest BCUT2D eigenvalue weighted by Gasteiger charge is -2.42. The first-order chi connectivity index (χ1) is 11.9. The van der Waals surface area contributed by atoms with Crippen LogP contribution in [0.25, 0.3) is 0 Å². The van der Waals surface area contributed by atoms with Crippen LogP contribution in [0, 0.1) is 23.2 Å². The van der Waals surface area contributed by atoms with E-state index in [0.29, 0.717) is 5.92 Å². The molecular weight excluding hydrogens is 328 g/mol. The molecule has 4 heteroatoms. The maximum atomic E-state index is 12.0. The van der Waals surface area contributed by atoms with E-state index in [-0.39, 0.29) is 10.2 Å². The Balaban J connectivity index is 1.67. The first-order valence-corrected chi connectivity index (χ1v) is 10.6. The van der Waals surface area contributed by atoms with E-state index in [4.69, 9.17) is 5.14 Å². The molecule has 1 unspecified atom stereocenters. The molecule has 1 aliphatic heterocycles. The van der Waals surface area contributed by atoms with Crippen LogP contribution in [0.15, 0.2) is 30.3 Å². The van der Waals surface area contributed by atoms with Crippen LogP contribution in [-0.2, 0) is 17.9 Å². The van der Waals surface area contributed by atoms with Crippen LogP contribution in [-0.4, -0.2) is 27.3 Å². The summed E-state index contributed by atoms with van der Waals surface area (Å²) < 4.78 is 11.6. The first-order valence-electron chi connectivity index (χ1n) is 9.34. The SMILES string of the molecule is CC(C)(CC1(C#CC2CC2)CCN(Cc2ccccc2)CC1)[S+](N)[O-]. The van der Waals surface area contributed by atoms with Gasteiger partial charge in [-0.1, -0.05) is 42.2 Å². The van der Waals surface area contributed by atoms with E-state index in [1.807, 2.05) is 13.8 Å². The van der Waals surface area contributed by atoms with Gasteiger partial charge in [-0.2, -0.15) is 5.14 Å². The molecule has 0 radical (unpaired) electrons. The van der Waals surface area contributed by atoms with Crippen molar-refractivity contribution >= 4 is 11.4 Å². The number of rotatable bonds is 5. The normalized spacial score (nSPS) is 22.1. The second kappa shape index (κ2) is 7.72. The van der Waals surface area contributed by atoms with Gasteiger partial charge in [-0.15, -0.1) is 0 Å². The van der Waals surface area contributed by atoms with E-state index in [1.165, 1.54) is 18.4 Å². The van der Waals surface area contributed by atoms with Gasteiger partial charge in [0.15, 0.2) is 0 Å². The molecule has 1 atom stereocenters. The summed E-state index contributed by atoms with van der Waals surface area (Å²) in [6.45, 7) is 7.11. The molecule has 0 aromatic heterocycles. The predicted molar refractivity (Wildman–Crippen MR) is 105 cm³/mol. The van der Waals surface area contributed by atoms with Gasteiger partial charge >= 0.3 is 0 Å². The number of likely N-dealkylation sites (tertiary alicyclic amines) is 1. The fourth-order valence-electron chi connectivity index (χ4n) is 3.70. The third-order valence-corrected chi connectivity index (χ3v) is 6.72. The van der Waals surface area contributed by atoms with Crippen LogP contribution in [0.4, 0.5) is 0 Å². The van der Waals surface area contributed by atoms with Gasteiger partial charge in [0.1, 0.15) is 4.75 Å². The Kier molecular flexibility index (Phi) is 5.80. The molecule has 25 heavy (non-hydrogen) atoms. The minimum absolute atomic E-state index is 0.0334. The van der Waals surface area contributed by atoms with Crippen LogP contribution >= 0.6 is 0 Å². The van der Waals surface area contributed by atoms with Crippen LogP contribution in [0.5, 0.6) is 0 Å². The van der Waals surface area contributed by atoms with Gasteiger partial charge in [-0.25, -0.2) is 0 Å². The quantitative estimate of drug-likeness (QED) is 0.648. The molecule has 3 rings (SSSR count). The molecule has 1 saturated heterocycles. The Morgan fingerprint density at radius 1 is 1.24 bits per heavy atom. The molecule has 3 nitrogen and oxygen atoms in total. The molecule has 1 aromatic carbocycles. The standard InChI is InChI=1S/C21H30N2OS/c1-20(2,25(22)24)17-21(11-10-18-8-9-18)12-14-23(15-13-21)16-19-6-4-3-5-7-19/h3-7,18H,8-9,12-17,22H2,1-2H3. The number of benzene rings is 1. The minimum Gasteiger partial charge on any atom is -0.598 e. The largest absolute Gasteiger partial charge is 0.598 e.